The highest BCUT2D eigenvalue weighted by Crippen LogP contribution is 2.34. The van der Waals surface area contributed by atoms with Gasteiger partial charge >= 0.3 is 5.97 Å². The van der Waals surface area contributed by atoms with Crippen molar-refractivity contribution in [1.29, 1.82) is 0 Å². The number of β-lactam (4-membered cyclic amide) rings is 1. The van der Waals surface area contributed by atoms with Crippen molar-refractivity contribution in [2.45, 2.75) is 38.8 Å². The Morgan fingerprint density at radius 2 is 2.13 bits per heavy atom. The van der Waals surface area contributed by atoms with Crippen LogP contribution in [0.4, 0.5) is 0 Å². The molecule has 1 heterocycles. The number of hydrogen-bond donors (Lipinski definition) is 0. The van der Waals surface area contributed by atoms with E-state index in [0.29, 0.717) is 6.54 Å². The highest BCUT2D eigenvalue weighted by molar-refractivity contribution is 6.21. The normalized spacial score (nSPS) is 26.2. The Kier molecular flexibility index (Phi) is 3.01. The lowest BCUT2D eigenvalue weighted by Gasteiger charge is -2.52. The molecule has 0 unspecified atom stereocenters. The molecule has 0 aromatic heterocycles. The third-order valence-corrected chi connectivity index (χ3v) is 2.84. The molecule has 1 saturated heterocycles. The lowest BCUT2D eigenvalue weighted by Crippen LogP contribution is -2.73. The summed E-state index contributed by atoms with van der Waals surface area (Å²) in [5.74, 6) is -0.671. The van der Waals surface area contributed by atoms with Crippen LogP contribution in [-0.2, 0) is 14.3 Å². The molecule has 0 bridgehead atoms. The molecule has 0 saturated carbocycles. The third kappa shape index (κ3) is 2.09. The molecular weight excluding hydrogens is 218 g/mol. The maximum absolute atomic E-state index is 11.9. The van der Waals surface area contributed by atoms with Crippen LogP contribution in [0.5, 0.6) is 0 Å². The van der Waals surface area contributed by atoms with Crippen molar-refractivity contribution >= 4 is 23.5 Å². The van der Waals surface area contributed by atoms with Gasteiger partial charge in [0.25, 0.3) is 5.91 Å². The number of alkyl halides is 1. The first-order chi connectivity index (χ1) is 6.73. The topological polar surface area (TPSA) is 46.6 Å². The summed E-state index contributed by atoms with van der Waals surface area (Å²) in [7, 11) is 0. The molecule has 1 atom stereocenters. The number of nitrogens with zero attached hydrogens (tertiary/aromatic N) is 1. The summed E-state index contributed by atoms with van der Waals surface area (Å²) >= 11 is 5.69. The summed E-state index contributed by atoms with van der Waals surface area (Å²) in [5.41, 5.74) is -1.38. The third-order valence-electron chi connectivity index (χ3n) is 2.41. The first kappa shape index (κ1) is 12.3. The number of halogens is 1. The number of likely N-dealkylation sites (tertiary alicyclic amines) is 1. The molecule has 0 radical (unpaired) electrons. The van der Waals surface area contributed by atoms with Crippen LogP contribution in [0.3, 0.4) is 0 Å². The molecule has 1 aliphatic rings. The Balaban J connectivity index is 2.77. The van der Waals surface area contributed by atoms with Crippen molar-refractivity contribution in [3.8, 4) is 0 Å². The zero-order chi connectivity index (χ0) is 11.9. The van der Waals surface area contributed by atoms with Gasteiger partial charge in [-0.2, -0.15) is 0 Å². The number of ether oxygens (including phenoxy) is 1. The van der Waals surface area contributed by atoms with Crippen LogP contribution in [-0.4, -0.2) is 40.3 Å². The molecule has 1 fully saturated rings. The van der Waals surface area contributed by atoms with Gasteiger partial charge in [0.1, 0.15) is 0 Å². The van der Waals surface area contributed by atoms with Crippen LogP contribution in [0.2, 0.25) is 0 Å². The summed E-state index contributed by atoms with van der Waals surface area (Å²) in [6.45, 7) is 7.43. The zero-order valence-electron chi connectivity index (χ0n) is 9.46. The van der Waals surface area contributed by atoms with E-state index in [2.05, 4.69) is 0 Å². The number of hydrogen-bond acceptors (Lipinski definition) is 3. The van der Waals surface area contributed by atoms with Gasteiger partial charge in [-0.05, 0) is 20.8 Å². The first-order valence-electron chi connectivity index (χ1n) is 4.80. The second-order valence-corrected chi connectivity index (χ2v) is 5.05. The fraction of sp³-hybridized carbons (Fsp3) is 0.800. The van der Waals surface area contributed by atoms with E-state index in [1.165, 1.54) is 6.92 Å². The largest absolute Gasteiger partial charge is 0.446 e. The number of esters is 1. The minimum Gasteiger partial charge on any atom is -0.446 e. The van der Waals surface area contributed by atoms with E-state index in [4.69, 9.17) is 16.3 Å². The second-order valence-electron chi connectivity index (χ2n) is 4.78. The monoisotopic (exact) mass is 233 g/mol. The van der Waals surface area contributed by atoms with Gasteiger partial charge in [0.15, 0.2) is 0 Å². The molecule has 1 rings (SSSR count). The fourth-order valence-corrected chi connectivity index (χ4v) is 1.82. The number of amides is 1. The summed E-state index contributed by atoms with van der Waals surface area (Å²) in [5, 5.41) is 0. The van der Waals surface area contributed by atoms with E-state index in [9.17, 15) is 9.59 Å². The predicted molar refractivity (Wildman–Crippen MR) is 56.7 cm³/mol. The molecule has 0 aliphatic carbocycles. The maximum atomic E-state index is 11.9. The Morgan fingerprint density at radius 1 is 1.60 bits per heavy atom. The van der Waals surface area contributed by atoms with Crippen LogP contribution in [0.15, 0.2) is 0 Å². The molecular formula is C10H16ClNO3. The molecule has 0 aromatic carbocycles. The zero-order valence-corrected chi connectivity index (χ0v) is 10.2. The molecule has 86 valence electrons. The molecule has 1 aliphatic heterocycles. The maximum Gasteiger partial charge on any atom is 0.303 e. The predicted octanol–water partition coefficient (Wildman–Crippen LogP) is 1.17. The Labute approximate surface area is 94.5 Å². The minimum absolute atomic E-state index is 0.0119. The van der Waals surface area contributed by atoms with E-state index < -0.39 is 11.6 Å². The van der Waals surface area contributed by atoms with E-state index in [1.54, 1.807) is 4.90 Å². The Bertz CT molecular complexity index is 298. The Hall–Kier alpha value is -0.770. The summed E-state index contributed by atoms with van der Waals surface area (Å²) in [4.78, 5) is 24.4. The van der Waals surface area contributed by atoms with Gasteiger partial charge in [-0.25, -0.2) is 0 Å². The molecule has 0 spiro atoms. The van der Waals surface area contributed by atoms with E-state index in [0.717, 1.165) is 0 Å². The van der Waals surface area contributed by atoms with Crippen molar-refractivity contribution in [3.63, 3.8) is 0 Å². The average molecular weight is 234 g/mol. The van der Waals surface area contributed by atoms with E-state index in [1.807, 2.05) is 20.8 Å². The molecule has 5 heteroatoms. The van der Waals surface area contributed by atoms with Crippen LogP contribution in [0.1, 0.15) is 27.7 Å². The average Bonchev–Trinajstić information content (AvgIpc) is 2.08. The minimum atomic E-state index is -1.12. The quantitative estimate of drug-likeness (QED) is 0.409. The molecule has 4 nitrogen and oxygen atoms in total. The van der Waals surface area contributed by atoms with Crippen LogP contribution in [0.25, 0.3) is 0 Å². The molecule has 15 heavy (non-hydrogen) atoms. The lowest BCUT2D eigenvalue weighted by molar-refractivity contribution is -0.196. The van der Waals surface area contributed by atoms with Gasteiger partial charge in [-0.3, -0.25) is 9.59 Å². The standard InChI is InChI=1S/C10H16ClNO3/c1-7(13)15-10(5-11)6-12(8(10)14)9(2,3)4/h5-6H2,1-4H3/t10-/m0/s1. The molecule has 0 aromatic rings. The van der Waals surface area contributed by atoms with Crippen LogP contribution in [0, 0.1) is 0 Å². The van der Waals surface area contributed by atoms with E-state index >= 15 is 0 Å². The summed E-state index contributed by atoms with van der Waals surface area (Å²) < 4.78 is 5.00. The van der Waals surface area contributed by atoms with Crippen molar-refractivity contribution in [1.82, 2.24) is 4.90 Å². The number of carbonyl (C=O) groups excluding carboxylic acids is 2. The lowest BCUT2D eigenvalue weighted by atomic mass is 9.88. The highest BCUT2D eigenvalue weighted by Gasteiger charge is 2.57. The van der Waals surface area contributed by atoms with Gasteiger partial charge in [0.2, 0.25) is 5.60 Å². The number of rotatable bonds is 2. The van der Waals surface area contributed by atoms with Crippen molar-refractivity contribution < 1.29 is 14.3 Å². The van der Waals surface area contributed by atoms with Gasteiger partial charge in [-0.15, -0.1) is 11.6 Å². The van der Waals surface area contributed by atoms with Crippen LogP contribution < -0.4 is 0 Å². The summed E-state index contributed by atoms with van der Waals surface area (Å²) in [6, 6.07) is 0. The van der Waals surface area contributed by atoms with Gasteiger partial charge < -0.3 is 9.64 Å². The smallest absolute Gasteiger partial charge is 0.303 e. The van der Waals surface area contributed by atoms with Crippen LogP contribution >= 0.6 is 11.6 Å². The summed E-state index contributed by atoms with van der Waals surface area (Å²) in [6.07, 6.45) is 0. The Morgan fingerprint density at radius 3 is 2.40 bits per heavy atom. The molecule has 1 amide bonds. The SMILES string of the molecule is CC(=O)O[C@@]1(CCl)CN(C(C)(C)C)C1=O. The first-order valence-corrected chi connectivity index (χ1v) is 5.34. The highest BCUT2D eigenvalue weighted by atomic mass is 35.5. The fourth-order valence-electron chi connectivity index (χ4n) is 1.57. The second kappa shape index (κ2) is 3.67. The van der Waals surface area contributed by atoms with Gasteiger partial charge in [-0.1, -0.05) is 0 Å². The van der Waals surface area contributed by atoms with Crippen molar-refractivity contribution in [2.75, 3.05) is 12.4 Å². The van der Waals surface area contributed by atoms with Gasteiger partial charge in [0.05, 0.1) is 12.4 Å². The van der Waals surface area contributed by atoms with Gasteiger partial charge in [0, 0.05) is 12.5 Å². The van der Waals surface area contributed by atoms with Crippen molar-refractivity contribution in [3.05, 3.63) is 0 Å². The van der Waals surface area contributed by atoms with Crippen molar-refractivity contribution in [2.24, 2.45) is 0 Å². The molecule has 0 N–H and O–H groups in total. The van der Waals surface area contributed by atoms with E-state index in [-0.39, 0.29) is 17.3 Å². The number of carbonyl (C=O) groups is 2.